The van der Waals surface area contributed by atoms with Gasteiger partial charge >= 0.3 is 17.1 Å². The first-order valence-corrected chi connectivity index (χ1v) is 19.5. The fraction of sp³-hybridized carbons (Fsp3) is 1.00. The molecule has 0 amide bonds. The zero-order chi connectivity index (χ0) is 19.6. The van der Waals surface area contributed by atoms with Crippen LogP contribution in [-0.4, -0.2) is 61.6 Å². The molecule has 0 spiro atoms. The summed E-state index contributed by atoms with van der Waals surface area (Å²) in [4.78, 5) is 0. The Kier molecular flexibility index (Phi) is 12.5. The number of rotatable bonds is 15. The van der Waals surface area contributed by atoms with E-state index in [4.69, 9.17) is 21.8 Å². The van der Waals surface area contributed by atoms with Gasteiger partial charge in [-0.05, 0) is 64.2 Å². The molecule has 1 unspecified atom stereocenters. The van der Waals surface area contributed by atoms with Gasteiger partial charge in [-0.1, -0.05) is 13.8 Å². The summed E-state index contributed by atoms with van der Waals surface area (Å²) in [6.07, 6.45) is 0.955. The molecule has 25 heavy (non-hydrogen) atoms. The van der Waals surface area contributed by atoms with E-state index in [1.807, 2.05) is 6.55 Å². The van der Waals surface area contributed by atoms with E-state index in [1.54, 1.807) is 0 Å². The summed E-state index contributed by atoms with van der Waals surface area (Å²) in [5.41, 5.74) is 0. The van der Waals surface area contributed by atoms with Crippen LogP contribution in [-0.2, 0) is 21.8 Å². The minimum Gasteiger partial charge on any atom is -0.437 e. The van der Waals surface area contributed by atoms with Crippen LogP contribution in [0.5, 0.6) is 0 Å². The maximum atomic E-state index is 6.51. The molecular formula is C16H40O5Si4. The third kappa shape index (κ3) is 15.4. The zero-order valence-corrected chi connectivity index (χ0v) is 21.9. The SMILES string of the molecule is C[Si]O[Si](C)(C)O[Si](C)(CCCOCCOCC(C)C)O[Si](C)(C)C. The van der Waals surface area contributed by atoms with Crippen LogP contribution in [0.3, 0.4) is 0 Å². The number of hydrogen-bond acceptors (Lipinski definition) is 5. The van der Waals surface area contributed by atoms with Gasteiger partial charge in [0.15, 0.2) is 8.32 Å². The summed E-state index contributed by atoms with van der Waals surface area (Å²) in [6.45, 7) is 22.3. The lowest BCUT2D eigenvalue weighted by atomic mass is 10.2. The normalized spacial score (nSPS) is 15.6. The van der Waals surface area contributed by atoms with Gasteiger partial charge in [-0.15, -0.1) is 0 Å². The van der Waals surface area contributed by atoms with Crippen LogP contribution in [0.2, 0.25) is 51.9 Å². The molecule has 0 heterocycles. The highest BCUT2D eigenvalue weighted by Crippen LogP contribution is 2.25. The fourth-order valence-electron chi connectivity index (χ4n) is 2.59. The Morgan fingerprint density at radius 1 is 0.840 bits per heavy atom. The van der Waals surface area contributed by atoms with Crippen LogP contribution in [0.25, 0.3) is 0 Å². The van der Waals surface area contributed by atoms with Gasteiger partial charge in [0, 0.05) is 13.2 Å². The molecule has 0 aromatic rings. The van der Waals surface area contributed by atoms with Gasteiger partial charge in [0.05, 0.1) is 13.2 Å². The van der Waals surface area contributed by atoms with Crippen molar-refractivity contribution < 1.29 is 21.8 Å². The molecule has 0 bridgehead atoms. The lowest BCUT2D eigenvalue weighted by Crippen LogP contribution is -2.54. The van der Waals surface area contributed by atoms with Gasteiger partial charge in [-0.3, -0.25) is 0 Å². The minimum atomic E-state index is -2.26. The summed E-state index contributed by atoms with van der Waals surface area (Å²) >= 11 is 0. The molecule has 0 saturated carbocycles. The van der Waals surface area contributed by atoms with Crippen molar-refractivity contribution in [2.75, 3.05) is 26.4 Å². The Morgan fingerprint density at radius 2 is 1.44 bits per heavy atom. The number of hydrogen-bond donors (Lipinski definition) is 0. The largest absolute Gasteiger partial charge is 0.437 e. The summed E-state index contributed by atoms with van der Waals surface area (Å²) in [7, 11) is -5.59. The molecule has 1 atom stereocenters. The molecule has 0 N–H and O–H groups in total. The van der Waals surface area contributed by atoms with E-state index in [0.717, 1.165) is 25.7 Å². The van der Waals surface area contributed by atoms with Crippen LogP contribution >= 0.6 is 0 Å². The Labute approximate surface area is 161 Å². The second-order valence-electron chi connectivity index (χ2n) is 8.34. The van der Waals surface area contributed by atoms with Crippen LogP contribution in [0, 0.1) is 5.92 Å². The van der Waals surface area contributed by atoms with Gasteiger partial charge in [-0.2, -0.15) is 0 Å². The molecule has 5 nitrogen and oxygen atoms in total. The van der Waals surface area contributed by atoms with Crippen molar-refractivity contribution >= 4 is 35.2 Å². The number of ether oxygens (including phenoxy) is 2. The van der Waals surface area contributed by atoms with Crippen LogP contribution in [0.15, 0.2) is 0 Å². The average molecular weight is 425 g/mol. The molecule has 2 radical (unpaired) electrons. The van der Waals surface area contributed by atoms with Crippen molar-refractivity contribution in [1.82, 2.24) is 0 Å². The third-order valence-electron chi connectivity index (χ3n) is 3.07. The molecule has 0 aliphatic carbocycles. The molecule has 0 saturated heterocycles. The smallest absolute Gasteiger partial charge is 0.315 e. The van der Waals surface area contributed by atoms with E-state index in [9.17, 15) is 0 Å². The predicted octanol–water partition coefficient (Wildman–Crippen LogP) is 4.39. The van der Waals surface area contributed by atoms with Crippen LogP contribution in [0.1, 0.15) is 20.3 Å². The second kappa shape index (κ2) is 12.2. The molecule has 0 aliphatic rings. The molecule has 0 aliphatic heterocycles. The molecule has 0 aromatic heterocycles. The monoisotopic (exact) mass is 424 g/mol. The molecule has 0 fully saturated rings. The highest BCUT2D eigenvalue weighted by molar-refractivity contribution is 6.87. The van der Waals surface area contributed by atoms with Crippen molar-refractivity contribution in [3.63, 3.8) is 0 Å². The van der Waals surface area contributed by atoms with Crippen molar-refractivity contribution in [3.8, 4) is 0 Å². The molecule has 150 valence electrons. The van der Waals surface area contributed by atoms with Crippen molar-refractivity contribution in [1.29, 1.82) is 0 Å². The average Bonchev–Trinajstić information content (AvgIpc) is 2.38. The van der Waals surface area contributed by atoms with Crippen molar-refractivity contribution in [2.24, 2.45) is 5.92 Å². The van der Waals surface area contributed by atoms with Crippen molar-refractivity contribution in [2.45, 2.75) is 72.1 Å². The Balaban J connectivity index is 4.32. The zero-order valence-electron chi connectivity index (χ0n) is 17.9. The lowest BCUT2D eigenvalue weighted by Gasteiger charge is -2.39. The maximum Gasteiger partial charge on any atom is 0.315 e. The van der Waals surface area contributed by atoms with E-state index in [2.05, 4.69) is 53.1 Å². The van der Waals surface area contributed by atoms with E-state index >= 15 is 0 Å². The first-order valence-electron chi connectivity index (χ1n) is 9.30. The van der Waals surface area contributed by atoms with E-state index in [1.165, 1.54) is 0 Å². The molecule has 0 aromatic carbocycles. The van der Waals surface area contributed by atoms with E-state index in [-0.39, 0.29) is 0 Å². The first-order chi connectivity index (χ1) is 11.4. The van der Waals surface area contributed by atoms with Gasteiger partial charge in [0.2, 0.25) is 9.76 Å². The lowest BCUT2D eigenvalue weighted by molar-refractivity contribution is 0.0376. The van der Waals surface area contributed by atoms with E-state index in [0.29, 0.717) is 28.9 Å². The predicted molar refractivity (Wildman–Crippen MR) is 113 cm³/mol. The summed E-state index contributed by atoms with van der Waals surface area (Å²) in [5.74, 6) is 0.570. The topological polar surface area (TPSA) is 46.2 Å². The maximum absolute atomic E-state index is 6.51. The highest BCUT2D eigenvalue weighted by Gasteiger charge is 2.42. The Bertz CT molecular complexity index is 350. The third-order valence-corrected chi connectivity index (χ3v) is 15.0. The summed E-state index contributed by atoms with van der Waals surface area (Å²) in [5, 5.41) is 0. The van der Waals surface area contributed by atoms with Gasteiger partial charge in [0.1, 0.15) is 0 Å². The van der Waals surface area contributed by atoms with Gasteiger partial charge < -0.3 is 21.8 Å². The summed E-state index contributed by atoms with van der Waals surface area (Å²) in [6, 6.07) is 0.941. The summed E-state index contributed by atoms with van der Waals surface area (Å²) < 4.78 is 30.1. The Morgan fingerprint density at radius 3 is 1.96 bits per heavy atom. The van der Waals surface area contributed by atoms with Gasteiger partial charge in [0.25, 0.3) is 0 Å². The molecule has 9 heteroatoms. The molecular weight excluding hydrogens is 385 g/mol. The second-order valence-corrected chi connectivity index (χ2v) is 21.0. The Hall–Kier alpha value is 0.668. The van der Waals surface area contributed by atoms with E-state index < -0.39 is 25.4 Å². The quantitative estimate of drug-likeness (QED) is 0.288. The van der Waals surface area contributed by atoms with Crippen LogP contribution in [0.4, 0.5) is 0 Å². The van der Waals surface area contributed by atoms with Crippen LogP contribution < -0.4 is 0 Å². The minimum absolute atomic E-state index is 0.459. The first kappa shape index (κ1) is 25.7. The van der Waals surface area contributed by atoms with Gasteiger partial charge in [-0.25, -0.2) is 0 Å². The fourth-order valence-corrected chi connectivity index (χ4v) is 16.6. The molecule has 0 rings (SSSR count). The van der Waals surface area contributed by atoms with Crippen molar-refractivity contribution in [3.05, 3.63) is 0 Å². The standard InChI is InChI=1S/C16H40O5Si4/c1-16(2)15-18-13-12-17-11-10-14-25(9,20-23(4,5)6)21-24(7,8)19-22-3/h16H,10-15H2,1-9H3. The highest BCUT2D eigenvalue weighted by atomic mass is 28.5.